The molecule has 0 aliphatic carbocycles. The van der Waals surface area contributed by atoms with E-state index in [0.717, 1.165) is 11.4 Å². The number of rotatable bonds is 6. The van der Waals surface area contributed by atoms with Gasteiger partial charge in [-0.3, -0.25) is 4.79 Å². The Bertz CT molecular complexity index is 1290. The first-order valence-electron chi connectivity index (χ1n) is 10.0. The first-order chi connectivity index (χ1) is 15.7. The van der Waals surface area contributed by atoms with Crippen molar-refractivity contribution in [3.8, 4) is 11.5 Å². The molecule has 8 nitrogen and oxygen atoms in total. The highest BCUT2D eigenvalue weighted by molar-refractivity contribution is 6.04. The molecule has 156 valence electrons. The van der Waals surface area contributed by atoms with Crippen molar-refractivity contribution in [1.82, 2.24) is 24.5 Å². The molecule has 0 aliphatic heterocycles. The minimum atomic E-state index is -0.162. The molecular formula is C24H19N7O. The van der Waals surface area contributed by atoms with E-state index in [1.165, 1.54) is 0 Å². The van der Waals surface area contributed by atoms with Crippen LogP contribution >= 0.6 is 0 Å². The molecule has 1 amide bonds. The highest BCUT2D eigenvalue weighted by atomic mass is 16.1. The Morgan fingerprint density at radius 3 is 2.16 bits per heavy atom. The fourth-order valence-electron chi connectivity index (χ4n) is 3.20. The van der Waals surface area contributed by atoms with E-state index in [1.807, 2.05) is 95.8 Å². The largest absolute Gasteiger partial charge is 0.339 e. The molecule has 3 aromatic heterocycles. The third kappa shape index (κ3) is 4.24. The Kier molecular flexibility index (Phi) is 5.15. The van der Waals surface area contributed by atoms with Gasteiger partial charge < -0.3 is 15.2 Å². The molecular weight excluding hydrogens is 402 g/mol. The van der Waals surface area contributed by atoms with E-state index in [4.69, 9.17) is 0 Å². The lowest BCUT2D eigenvalue weighted by Crippen LogP contribution is -2.11. The van der Waals surface area contributed by atoms with E-state index in [9.17, 15) is 4.79 Å². The van der Waals surface area contributed by atoms with Crippen molar-refractivity contribution in [2.45, 2.75) is 0 Å². The van der Waals surface area contributed by atoms with Gasteiger partial charge in [-0.1, -0.05) is 0 Å². The molecule has 0 aliphatic rings. The predicted molar refractivity (Wildman–Crippen MR) is 123 cm³/mol. The van der Waals surface area contributed by atoms with Crippen LogP contribution in [0.25, 0.3) is 11.5 Å². The molecule has 0 saturated heterocycles. The maximum absolute atomic E-state index is 12.6. The van der Waals surface area contributed by atoms with Crippen LogP contribution in [0.4, 0.5) is 17.2 Å². The average molecular weight is 421 g/mol. The molecule has 0 unspecified atom stereocenters. The van der Waals surface area contributed by atoms with E-state index in [-0.39, 0.29) is 5.91 Å². The average Bonchev–Trinajstić information content (AvgIpc) is 3.56. The van der Waals surface area contributed by atoms with E-state index in [1.54, 1.807) is 17.1 Å². The number of anilines is 3. The van der Waals surface area contributed by atoms with Gasteiger partial charge in [-0.2, -0.15) is 5.10 Å². The lowest BCUT2D eigenvalue weighted by molar-refractivity contribution is 0.102. The minimum absolute atomic E-state index is 0.162. The van der Waals surface area contributed by atoms with E-state index in [0.29, 0.717) is 22.9 Å². The van der Waals surface area contributed by atoms with Gasteiger partial charge in [-0.15, -0.1) is 10.2 Å². The van der Waals surface area contributed by atoms with Crippen LogP contribution < -0.4 is 10.6 Å². The zero-order valence-corrected chi connectivity index (χ0v) is 17.0. The van der Waals surface area contributed by atoms with Gasteiger partial charge in [0.25, 0.3) is 5.91 Å². The molecule has 32 heavy (non-hydrogen) atoms. The molecule has 5 rings (SSSR count). The maximum Gasteiger partial charge on any atom is 0.255 e. The summed E-state index contributed by atoms with van der Waals surface area (Å²) in [4.78, 5) is 12.6. The molecule has 0 bridgehead atoms. The second-order valence-corrected chi connectivity index (χ2v) is 7.02. The number of aromatic nitrogens is 5. The quantitative estimate of drug-likeness (QED) is 0.423. The Morgan fingerprint density at radius 1 is 0.750 bits per heavy atom. The minimum Gasteiger partial charge on any atom is -0.339 e. The number of hydrogen-bond donors (Lipinski definition) is 2. The number of carbonyl (C=O) groups excluding carboxylic acids is 1. The maximum atomic E-state index is 12.6. The Morgan fingerprint density at radius 2 is 1.50 bits per heavy atom. The van der Waals surface area contributed by atoms with Gasteiger partial charge >= 0.3 is 0 Å². The summed E-state index contributed by atoms with van der Waals surface area (Å²) in [5.74, 6) is 1.09. The fourth-order valence-corrected chi connectivity index (χ4v) is 3.20. The summed E-state index contributed by atoms with van der Waals surface area (Å²) in [6.07, 6.45) is 7.42. The van der Waals surface area contributed by atoms with Gasteiger partial charge in [-0.25, -0.2) is 4.68 Å². The second-order valence-electron chi connectivity index (χ2n) is 7.02. The van der Waals surface area contributed by atoms with Crippen LogP contribution in [0, 0.1) is 0 Å². The molecule has 3 heterocycles. The van der Waals surface area contributed by atoms with Crippen LogP contribution in [0.1, 0.15) is 10.4 Å². The summed E-state index contributed by atoms with van der Waals surface area (Å²) in [6, 6.07) is 24.3. The fraction of sp³-hybridized carbons (Fsp3) is 0. The Hall–Kier alpha value is -4.72. The summed E-state index contributed by atoms with van der Waals surface area (Å²) >= 11 is 0. The van der Waals surface area contributed by atoms with E-state index < -0.39 is 0 Å². The summed E-state index contributed by atoms with van der Waals surface area (Å²) in [6.45, 7) is 0. The van der Waals surface area contributed by atoms with Crippen molar-refractivity contribution in [1.29, 1.82) is 0 Å². The van der Waals surface area contributed by atoms with Gasteiger partial charge in [0.05, 0.1) is 0 Å². The SMILES string of the molecule is O=C(Nc1ccc(Nc2ccc(-n3cccn3)nn2)cc1)c1ccc(-n2cccc2)cc1. The third-order valence-electron chi connectivity index (χ3n) is 4.84. The van der Waals surface area contributed by atoms with Crippen LogP contribution in [0.5, 0.6) is 0 Å². The molecule has 2 aromatic carbocycles. The van der Waals surface area contributed by atoms with Gasteiger partial charge in [-0.05, 0) is 78.9 Å². The molecule has 0 fully saturated rings. The topological polar surface area (TPSA) is 89.7 Å². The zero-order valence-electron chi connectivity index (χ0n) is 17.0. The van der Waals surface area contributed by atoms with Crippen LogP contribution in [0.3, 0.4) is 0 Å². The third-order valence-corrected chi connectivity index (χ3v) is 4.84. The first kappa shape index (κ1) is 19.3. The number of nitrogens with zero attached hydrogens (tertiary/aromatic N) is 5. The van der Waals surface area contributed by atoms with E-state index in [2.05, 4.69) is 25.9 Å². The van der Waals surface area contributed by atoms with Crippen LogP contribution in [-0.2, 0) is 0 Å². The van der Waals surface area contributed by atoms with Crippen LogP contribution in [-0.4, -0.2) is 30.5 Å². The van der Waals surface area contributed by atoms with Crippen molar-refractivity contribution in [3.63, 3.8) is 0 Å². The normalized spacial score (nSPS) is 10.6. The number of benzene rings is 2. The Labute approximate surface area is 184 Å². The molecule has 0 saturated carbocycles. The second kappa shape index (κ2) is 8.57. The van der Waals surface area contributed by atoms with Crippen molar-refractivity contribution >= 4 is 23.1 Å². The zero-order chi connectivity index (χ0) is 21.8. The van der Waals surface area contributed by atoms with Gasteiger partial charge in [0.2, 0.25) is 0 Å². The summed E-state index contributed by atoms with van der Waals surface area (Å²) in [5, 5.41) is 18.6. The summed E-state index contributed by atoms with van der Waals surface area (Å²) < 4.78 is 3.63. The first-order valence-corrected chi connectivity index (χ1v) is 10.0. The number of hydrogen-bond acceptors (Lipinski definition) is 5. The van der Waals surface area contributed by atoms with Crippen LogP contribution in [0.2, 0.25) is 0 Å². The number of amides is 1. The lowest BCUT2D eigenvalue weighted by Gasteiger charge is -2.09. The molecule has 0 atom stereocenters. The van der Waals surface area contributed by atoms with Crippen molar-refractivity contribution in [2.24, 2.45) is 0 Å². The number of carbonyl (C=O) groups is 1. The van der Waals surface area contributed by atoms with E-state index >= 15 is 0 Å². The number of nitrogens with one attached hydrogen (secondary N) is 2. The lowest BCUT2D eigenvalue weighted by atomic mass is 10.2. The standard InChI is InChI=1S/C24H19N7O/c32-24(18-4-10-21(11-5-18)30-15-1-2-16-30)27-20-8-6-19(7-9-20)26-22-12-13-23(29-28-22)31-17-3-14-25-31/h1-17H,(H,26,28)(H,27,32). The highest BCUT2D eigenvalue weighted by Crippen LogP contribution is 2.19. The molecule has 2 N–H and O–H groups in total. The van der Waals surface area contributed by atoms with Crippen molar-refractivity contribution in [3.05, 3.63) is 109 Å². The highest BCUT2D eigenvalue weighted by Gasteiger charge is 2.07. The smallest absolute Gasteiger partial charge is 0.255 e. The van der Waals surface area contributed by atoms with Gasteiger partial charge in [0.15, 0.2) is 11.6 Å². The van der Waals surface area contributed by atoms with Crippen molar-refractivity contribution < 1.29 is 4.79 Å². The van der Waals surface area contributed by atoms with Gasteiger partial charge in [0, 0.05) is 47.4 Å². The molecule has 0 spiro atoms. The van der Waals surface area contributed by atoms with Gasteiger partial charge in [0.1, 0.15) is 0 Å². The molecule has 8 heteroatoms. The Balaban J connectivity index is 1.20. The predicted octanol–water partition coefficient (Wildman–Crippen LogP) is 4.45. The van der Waals surface area contributed by atoms with Crippen LogP contribution in [0.15, 0.2) is 104 Å². The molecule has 0 radical (unpaired) electrons. The molecule has 5 aromatic rings. The van der Waals surface area contributed by atoms with Crippen molar-refractivity contribution in [2.75, 3.05) is 10.6 Å². The monoisotopic (exact) mass is 421 g/mol. The summed E-state index contributed by atoms with van der Waals surface area (Å²) in [5.41, 5.74) is 3.13. The summed E-state index contributed by atoms with van der Waals surface area (Å²) in [7, 11) is 0.